The molecule has 2 fully saturated rings. The molecule has 88 valence electrons. The van der Waals surface area contributed by atoms with Crippen LogP contribution in [0.4, 0.5) is 0 Å². The molecule has 16 heavy (non-hydrogen) atoms. The van der Waals surface area contributed by atoms with Crippen molar-refractivity contribution in [3.05, 3.63) is 0 Å². The number of nitrogens with one attached hydrogen (secondary N) is 1. The van der Waals surface area contributed by atoms with Crippen molar-refractivity contribution in [1.29, 1.82) is 5.26 Å². The number of carbonyl (C=O) groups is 1. The zero-order chi connectivity index (χ0) is 11.5. The molecule has 1 aliphatic heterocycles. The fourth-order valence-corrected chi connectivity index (χ4v) is 2.37. The van der Waals surface area contributed by atoms with Gasteiger partial charge in [0.05, 0.1) is 18.5 Å². The smallest absolute Gasteiger partial charge is 0.240 e. The molecule has 1 amide bonds. The molecule has 0 spiro atoms. The first-order valence-electron chi connectivity index (χ1n) is 6.15. The molecule has 0 aromatic heterocycles. The number of hydrogen-bond donors (Lipinski definition) is 1. The third-order valence-electron chi connectivity index (χ3n) is 3.53. The maximum absolute atomic E-state index is 12.3. The first kappa shape index (κ1) is 11.4. The van der Waals surface area contributed by atoms with E-state index >= 15 is 0 Å². The summed E-state index contributed by atoms with van der Waals surface area (Å²) in [7, 11) is 0. The molecule has 0 bridgehead atoms. The van der Waals surface area contributed by atoms with Gasteiger partial charge in [-0.2, -0.15) is 5.26 Å². The van der Waals surface area contributed by atoms with Crippen LogP contribution < -0.4 is 5.32 Å². The van der Waals surface area contributed by atoms with Gasteiger partial charge in [0.2, 0.25) is 5.91 Å². The Morgan fingerprint density at radius 2 is 2.25 bits per heavy atom. The molecule has 2 unspecified atom stereocenters. The van der Waals surface area contributed by atoms with E-state index in [1.54, 1.807) is 0 Å². The summed E-state index contributed by atoms with van der Waals surface area (Å²) in [5.41, 5.74) is 0. The minimum Gasteiger partial charge on any atom is -0.337 e. The normalized spacial score (nSPS) is 28.8. The van der Waals surface area contributed by atoms with Crippen molar-refractivity contribution in [1.82, 2.24) is 10.2 Å². The van der Waals surface area contributed by atoms with E-state index in [0.717, 1.165) is 25.8 Å². The predicted octanol–water partition coefficient (Wildman–Crippen LogP) is 0.889. The van der Waals surface area contributed by atoms with Crippen molar-refractivity contribution in [3.8, 4) is 6.07 Å². The molecule has 0 aromatic rings. The van der Waals surface area contributed by atoms with E-state index < -0.39 is 0 Å². The first-order valence-corrected chi connectivity index (χ1v) is 6.15. The molecule has 4 heteroatoms. The Kier molecular flexibility index (Phi) is 3.45. The van der Waals surface area contributed by atoms with Gasteiger partial charge in [-0.3, -0.25) is 4.79 Å². The third-order valence-corrected chi connectivity index (χ3v) is 3.53. The Bertz CT molecular complexity index is 306. The zero-order valence-electron chi connectivity index (χ0n) is 9.78. The quantitative estimate of drug-likeness (QED) is 0.767. The second-order valence-corrected chi connectivity index (χ2v) is 4.87. The molecule has 2 aliphatic rings. The maximum atomic E-state index is 12.3. The monoisotopic (exact) mass is 221 g/mol. The summed E-state index contributed by atoms with van der Waals surface area (Å²) in [5, 5.41) is 11.9. The molecule has 2 rings (SSSR count). The van der Waals surface area contributed by atoms with Crippen molar-refractivity contribution in [2.45, 2.75) is 44.7 Å². The number of amides is 1. The lowest BCUT2D eigenvalue weighted by atomic mass is 10.0. The molecule has 0 aromatic carbocycles. The second kappa shape index (κ2) is 4.84. The van der Waals surface area contributed by atoms with Crippen molar-refractivity contribution in [2.24, 2.45) is 5.92 Å². The summed E-state index contributed by atoms with van der Waals surface area (Å²) >= 11 is 0. The van der Waals surface area contributed by atoms with Gasteiger partial charge in [0.15, 0.2) is 0 Å². The maximum Gasteiger partial charge on any atom is 0.240 e. The Morgan fingerprint density at radius 3 is 2.75 bits per heavy atom. The molecule has 0 radical (unpaired) electrons. The van der Waals surface area contributed by atoms with E-state index in [-0.39, 0.29) is 11.9 Å². The fourth-order valence-electron chi connectivity index (χ4n) is 2.37. The average Bonchev–Trinajstić information content (AvgIpc) is 3.01. The molecule has 1 N–H and O–H groups in total. The average molecular weight is 221 g/mol. The summed E-state index contributed by atoms with van der Waals surface area (Å²) < 4.78 is 0. The third kappa shape index (κ3) is 2.35. The SMILES string of the molecule is CC1CCNC1C(=O)N(CCC#N)C1CC1. The number of nitrogens with zero attached hydrogens (tertiary/aromatic N) is 2. The number of carbonyl (C=O) groups excluding carboxylic acids is 1. The van der Waals surface area contributed by atoms with Gasteiger partial charge >= 0.3 is 0 Å². The second-order valence-electron chi connectivity index (χ2n) is 4.87. The topological polar surface area (TPSA) is 56.1 Å². The van der Waals surface area contributed by atoms with E-state index in [4.69, 9.17) is 5.26 Å². The van der Waals surface area contributed by atoms with Gasteiger partial charge in [0.1, 0.15) is 0 Å². The summed E-state index contributed by atoms with van der Waals surface area (Å²) in [6.07, 6.45) is 3.74. The van der Waals surface area contributed by atoms with E-state index in [2.05, 4.69) is 18.3 Å². The highest BCUT2D eigenvalue weighted by atomic mass is 16.2. The lowest BCUT2D eigenvalue weighted by Gasteiger charge is -2.26. The van der Waals surface area contributed by atoms with Gasteiger partial charge in [-0.05, 0) is 31.7 Å². The van der Waals surface area contributed by atoms with Crippen LogP contribution >= 0.6 is 0 Å². The molecule has 1 aliphatic carbocycles. The molecule has 4 nitrogen and oxygen atoms in total. The first-order chi connectivity index (χ1) is 7.74. The van der Waals surface area contributed by atoms with Crippen LogP contribution in [-0.2, 0) is 4.79 Å². The summed E-state index contributed by atoms with van der Waals surface area (Å²) in [5.74, 6) is 0.638. The Hall–Kier alpha value is -1.08. The fraction of sp³-hybridized carbons (Fsp3) is 0.833. The predicted molar refractivity (Wildman–Crippen MR) is 60.5 cm³/mol. The van der Waals surface area contributed by atoms with E-state index in [0.29, 0.717) is 24.9 Å². The number of rotatable bonds is 4. The van der Waals surface area contributed by atoms with Gasteiger partial charge in [-0.25, -0.2) is 0 Å². The highest BCUT2D eigenvalue weighted by Gasteiger charge is 2.38. The van der Waals surface area contributed by atoms with E-state index in [9.17, 15) is 4.79 Å². The summed E-state index contributed by atoms with van der Waals surface area (Å²) in [6, 6.07) is 2.52. The van der Waals surface area contributed by atoms with Crippen LogP contribution in [0.15, 0.2) is 0 Å². The molecular formula is C12H19N3O. The van der Waals surface area contributed by atoms with Crippen molar-refractivity contribution < 1.29 is 4.79 Å². The zero-order valence-corrected chi connectivity index (χ0v) is 9.78. The van der Waals surface area contributed by atoms with Gasteiger partial charge in [-0.15, -0.1) is 0 Å². The van der Waals surface area contributed by atoms with Crippen molar-refractivity contribution >= 4 is 5.91 Å². The standard InChI is InChI=1S/C12H19N3O/c1-9-5-7-14-11(9)12(16)15(8-2-6-13)10-3-4-10/h9-11,14H,2-5,7-8H2,1H3. The molecular weight excluding hydrogens is 202 g/mol. The van der Waals surface area contributed by atoms with E-state index in [1.165, 1.54) is 0 Å². The highest BCUT2D eigenvalue weighted by molar-refractivity contribution is 5.83. The largest absolute Gasteiger partial charge is 0.337 e. The van der Waals surface area contributed by atoms with Crippen LogP contribution in [0.5, 0.6) is 0 Å². The van der Waals surface area contributed by atoms with Crippen LogP contribution in [0.3, 0.4) is 0 Å². The molecule has 1 saturated carbocycles. The van der Waals surface area contributed by atoms with Gasteiger partial charge < -0.3 is 10.2 Å². The Morgan fingerprint density at radius 1 is 1.50 bits per heavy atom. The van der Waals surface area contributed by atoms with Crippen LogP contribution in [0.1, 0.15) is 32.6 Å². The van der Waals surface area contributed by atoms with Crippen LogP contribution in [0, 0.1) is 17.2 Å². The van der Waals surface area contributed by atoms with Gasteiger partial charge in [0.25, 0.3) is 0 Å². The van der Waals surface area contributed by atoms with Crippen molar-refractivity contribution in [3.63, 3.8) is 0 Å². The van der Waals surface area contributed by atoms with Crippen LogP contribution in [0.2, 0.25) is 0 Å². The number of nitriles is 1. The molecule has 1 saturated heterocycles. The van der Waals surface area contributed by atoms with E-state index in [1.807, 2.05) is 4.90 Å². The van der Waals surface area contributed by atoms with Crippen LogP contribution in [-0.4, -0.2) is 36.0 Å². The molecule has 2 atom stereocenters. The van der Waals surface area contributed by atoms with Gasteiger partial charge in [-0.1, -0.05) is 6.92 Å². The minimum absolute atomic E-state index is 0.0145. The Balaban J connectivity index is 1.96. The van der Waals surface area contributed by atoms with Gasteiger partial charge in [0, 0.05) is 12.6 Å². The lowest BCUT2D eigenvalue weighted by molar-refractivity contribution is -0.134. The molecule has 1 heterocycles. The lowest BCUT2D eigenvalue weighted by Crippen LogP contribution is -2.47. The van der Waals surface area contributed by atoms with Crippen molar-refractivity contribution in [2.75, 3.05) is 13.1 Å². The minimum atomic E-state index is -0.0145. The summed E-state index contributed by atoms with van der Waals surface area (Å²) in [4.78, 5) is 14.2. The highest BCUT2D eigenvalue weighted by Crippen LogP contribution is 2.29. The summed E-state index contributed by atoms with van der Waals surface area (Å²) in [6.45, 7) is 3.66. The number of hydrogen-bond acceptors (Lipinski definition) is 3. The van der Waals surface area contributed by atoms with Crippen LogP contribution in [0.25, 0.3) is 0 Å². The Labute approximate surface area is 96.6 Å².